The number of aromatic hydroxyl groups is 1. The van der Waals surface area contributed by atoms with Crippen LogP contribution >= 0.6 is 0 Å². The Labute approximate surface area is 153 Å². The number of ether oxygens (including phenoxy) is 6. The Morgan fingerprint density at radius 2 is 1.63 bits per heavy atom. The summed E-state index contributed by atoms with van der Waals surface area (Å²) < 4.78 is 32.1. The van der Waals surface area contributed by atoms with Crippen LogP contribution in [0.5, 0.6) is 34.5 Å². The Hall–Kier alpha value is -3.33. The average Bonchev–Trinajstić information content (AvgIpc) is 3.36. The Balaban J connectivity index is 2.10. The fourth-order valence-corrected chi connectivity index (χ4v) is 3.21. The minimum Gasteiger partial charge on any atom is -0.504 e. The van der Waals surface area contributed by atoms with Gasteiger partial charge in [0.2, 0.25) is 25.1 Å². The zero-order valence-corrected chi connectivity index (χ0v) is 14.5. The van der Waals surface area contributed by atoms with Gasteiger partial charge in [0.1, 0.15) is 0 Å². The molecule has 2 aromatic rings. The third-order valence-corrected chi connectivity index (χ3v) is 4.36. The Bertz CT molecular complexity index is 935. The highest BCUT2D eigenvalue weighted by Gasteiger charge is 2.35. The van der Waals surface area contributed by atoms with Crippen molar-refractivity contribution in [3.63, 3.8) is 0 Å². The maximum Gasteiger partial charge on any atom is 0.338 e. The summed E-state index contributed by atoms with van der Waals surface area (Å²) in [6, 6.07) is 2.81. The van der Waals surface area contributed by atoms with Crippen molar-refractivity contribution in [2.75, 3.05) is 27.8 Å². The first-order valence-electron chi connectivity index (χ1n) is 7.95. The lowest BCUT2D eigenvalue weighted by Gasteiger charge is -2.18. The van der Waals surface area contributed by atoms with Crippen molar-refractivity contribution < 1.29 is 43.4 Å². The Morgan fingerprint density at radius 3 is 2.26 bits per heavy atom. The van der Waals surface area contributed by atoms with E-state index in [1.165, 1.54) is 26.4 Å². The number of rotatable bonds is 4. The van der Waals surface area contributed by atoms with Crippen LogP contribution in [-0.2, 0) is 11.3 Å². The first kappa shape index (κ1) is 17.1. The minimum atomic E-state index is -0.647. The van der Waals surface area contributed by atoms with E-state index in [9.17, 15) is 15.0 Å². The summed E-state index contributed by atoms with van der Waals surface area (Å²) in [4.78, 5) is 12.5. The van der Waals surface area contributed by atoms with Gasteiger partial charge in [0.15, 0.2) is 23.0 Å². The number of phenolic OH excluding ortho intramolecular Hbond substituents is 1. The fraction of sp³-hybridized carbons (Fsp3) is 0.278. The van der Waals surface area contributed by atoms with Crippen LogP contribution in [0, 0.1) is 0 Å². The van der Waals surface area contributed by atoms with Crippen molar-refractivity contribution in [2.45, 2.75) is 6.61 Å². The summed E-state index contributed by atoms with van der Waals surface area (Å²) in [5.74, 6) is 0.319. The van der Waals surface area contributed by atoms with Crippen molar-refractivity contribution in [3.8, 4) is 45.6 Å². The number of carbonyl (C=O) groups excluding carboxylic acids is 1. The SMILES string of the molecule is COC(=O)c1cc(OC)c2c(c1-c1c(CO)cc(O)c3c1OCO3)OCO2. The molecular formula is C18H16O9. The highest BCUT2D eigenvalue weighted by atomic mass is 16.7. The van der Waals surface area contributed by atoms with Gasteiger partial charge in [-0.1, -0.05) is 0 Å². The van der Waals surface area contributed by atoms with Gasteiger partial charge in [-0.3, -0.25) is 0 Å². The molecule has 0 fully saturated rings. The third-order valence-electron chi connectivity index (χ3n) is 4.36. The normalized spacial score (nSPS) is 13.6. The predicted octanol–water partition coefficient (Wildman–Crippen LogP) is 1.80. The molecule has 142 valence electrons. The van der Waals surface area contributed by atoms with Crippen LogP contribution in [0.3, 0.4) is 0 Å². The quantitative estimate of drug-likeness (QED) is 0.771. The van der Waals surface area contributed by atoms with E-state index < -0.39 is 12.6 Å². The molecule has 2 N–H and O–H groups in total. The maximum absolute atomic E-state index is 12.5. The molecule has 9 nitrogen and oxygen atoms in total. The predicted molar refractivity (Wildman–Crippen MR) is 89.6 cm³/mol. The number of esters is 1. The van der Waals surface area contributed by atoms with Crippen molar-refractivity contribution in [3.05, 3.63) is 23.3 Å². The van der Waals surface area contributed by atoms with Crippen LogP contribution in [0.15, 0.2) is 12.1 Å². The monoisotopic (exact) mass is 376 g/mol. The van der Waals surface area contributed by atoms with Gasteiger partial charge in [0.25, 0.3) is 0 Å². The van der Waals surface area contributed by atoms with E-state index in [-0.39, 0.29) is 42.1 Å². The number of hydrogen-bond donors (Lipinski definition) is 2. The second-order valence-electron chi connectivity index (χ2n) is 5.71. The lowest BCUT2D eigenvalue weighted by Crippen LogP contribution is -2.07. The molecule has 0 unspecified atom stereocenters. The Morgan fingerprint density at radius 1 is 1.00 bits per heavy atom. The van der Waals surface area contributed by atoms with E-state index in [1.807, 2.05) is 0 Å². The van der Waals surface area contributed by atoms with E-state index in [1.54, 1.807) is 0 Å². The van der Waals surface area contributed by atoms with Gasteiger partial charge in [-0.05, 0) is 17.7 Å². The molecule has 0 amide bonds. The molecule has 0 radical (unpaired) electrons. The number of fused-ring (bicyclic) bond motifs is 2. The molecule has 4 rings (SSSR count). The van der Waals surface area contributed by atoms with Crippen molar-refractivity contribution in [2.24, 2.45) is 0 Å². The highest BCUT2D eigenvalue weighted by Crippen LogP contribution is 2.56. The molecule has 2 heterocycles. The van der Waals surface area contributed by atoms with E-state index in [0.29, 0.717) is 28.2 Å². The molecule has 0 spiro atoms. The van der Waals surface area contributed by atoms with Gasteiger partial charge in [0, 0.05) is 11.1 Å². The molecule has 27 heavy (non-hydrogen) atoms. The number of benzene rings is 2. The molecular weight excluding hydrogens is 360 g/mol. The second-order valence-corrected chi connectivity index (χ2v) is 5.71. The lowest BCUT2D eigenvalue weighted by atomic mass is 9.92. The number of hydrogen-bond acceptors (Lipinski definition) is 9. The molecule has 0 aliphatic carbocycles. The molecule has 2 aliphatic heterocycles. The van der Waals surface area contributed by atoms with Crippen LogP contribution in [0.4, 0.5) is 0 Å². The fourth-order valence-electron chi connectivity index (χ4n) is 3.21. The van der Waals surface area contributed by atoms with E-state index in [0.717, 1.165) is 0 Å². The van der Waals surface area contributed by atoms with Crippen LogP contribution in [-0.4, -0.2) is 44.0 Å². The van der Waals surface area contributed by atoms with Gasteiger partial charge in [-0.2, -0.15) is 0 Å². The average molecular weight is 376 g/mol. The topological polar surface area (TPSA) is 113 Å². The second kappa shape index (κ2) is 6.44. The van der Waals surface area contributed by atoms with Crippen LogP contribution in [0.2, 0.25) is 0 Å². The molecule has 0 aromatic heterocycles. The number of carbonyl (C=O) groups is 1. The third kappa shape index (κ3) is 2.47. The first-order chi connectivity index (χ1) is 13.1. The molecule has 2 aromatic carbocycles. The molecule has 2 aliphatic rings. The van der Waals surface area contributed by atoms with Gasteiger partial charge in [-0.15, -0.1) is 0 Å². The highest BCUT2D eigenvalue weighted by molar-refractivity contribution is 6.03. The van der Waals surface area contributed by atoms with E-state index in [2.05, 4.69) is 0 Å². The van der Waals surface area contributed by atoms with Gasteiger partial charge >= 0.3 is 5.97 Å². The summed E-state index contributed by atoms with van der Waals surface area (Å²) in [7, 11) is 2.68. The minimum absolute atomic E-state index is 0.0740. The largest absolute Gasteiger partial charge is 0.504 e. The standard InChI is InChI=1S/C18H16O9/c1-22-11-4-9(18(21)23-2)13(17-15(11)25-7-27-17)12-8(5-19)3-10(20)14-16(12)26-6-24-14/h3-4,19-20H,5-7H2,1-2H3. The molecule has 0 saturated carbocycles. The van der Waals surface area contributed by atoms with Gasteiger partial charge in [0.05, 0.1) is 26.4 Å². The van der Waals surface area contributed by atoms with Crippen LogP contribution in [0.25, 0.3) is 11.1 Å². The summed E-state index contributed by atoms with van der Waals surface area (Å²) in [5.41, 5.74) is 1.06. The van der Waals surface area contributed by atoms with Crippen LogP contribution < -0.4 is 23.7 Å². The van der Waals surface area contributed by atoms with Crippen molar-refractivity contribution in [1.29, 1.82) is 0 Å². The summed E-state index contributed by atoms with van der Waals surface area (Å²) in [5, 5.41) is 20.0. The molecule has 0 bridgehead atoms. The number of methoxy groups -OCH3 is 2. The van der Waals surface area contributed by atoms with Crippen molar-refractivity contribution >= 4 is 5.97 Å². The first-order valence-corrected chi connectivity index (χ1v) is 7.95. The molecule has 9 heteroatoms. The summed E-state index contributed by atoms with van der Waals surface area (Å²) >= 11 is 0. The number of aliphatic hydroxyl groups is 1. The molecule has 0 atom stereocenters. The summed E-state index contributed by atoms with van der Waals surface area (Å²) in [6.07, 6.45) is 0. The number of aliphatic hydroxyl groups excluding tert-OH is 1. The summed E-state index contributed by atoms with van der Waals surface area (Å²) in [6.45, 7) is -0.620. The zero-order valence-electron chi connectivity index (χ0n) is 14.5. The zero-order chi connectivity index (χ0) is 19.1. The molecule has 0 saturated heterocycles. The number of phenols is 1. The maximum atomic E-state index is 12.5. The van der Waals surface area contributed by atoms with Crippen LogP contribution in [0.1, 0.15) is 15.9 Å². The van der Waals surface area contributed by atoms with E-state index >= 15 is 0 Å². The van der Waals surface area contributed by atoms with Gasteiger partial charge < -0.3 is 38.6 Å². The lowest BCUT2D eigenvalue weighted by molar-refractivity contribution is 0.0601. The smallest absolute Gasteiger partial charge is 0.338 e. The van der Waals surface area contributed by atoms with Gasteiger partial charge in [-0.25, -0.2) is 4.79 Å². The van der Waals surface area contributed by atoms with Crippen molar-refractivity contribution in [1.82, 2.24) is 0 Å². The Kier molecular flexibility index (Phi) is 4.08. The van der Waals surface area contributed by atoms with E-state index in [4.69, 9.17) is 28.4 Å².